The molecule has 122 valence electrons. The minimum absolute atomic E-state index is 0.274. The molecule has 23 heavy (non-hydrogen) atoms. The molecule has 5 nitrogen and oxygen atoms in total. The third-order valence-corrected chi connectivity index (χ3v) is 5.15. The van der Waals surface area contributed by atoms with Gasteiger partial charge >= 0.3 is 5.97 Å². The first-order valence-corrected chi connectivity index (χ1v) is 8.41. The molecule has 1 aliphatic rings. The van der Waals surface area contributed by atoms with Crippen molar-refractivity contribution in [2.45, 2.75) is 25.4 Å². The maximum absolute atomic E-state index is 12.2. The summed E-state index contributed by atoms with van der Waals surface area (Å²) in [5, 5.41) is 11.4. The largest absolute Gasteiger partial charge is 0.497 e. The number of nitrogens with zero attached hydrogens (tertiary/aromatic N) is 1. The van der Waals surface area contributed by atoms with E-state index >= 15 is 0 Å². The number of carbonyl (C=O) groups is 1. The molecule has 0 saturated heterocycles. The van der Waals surface area contributed by atoms with Gasteiger partial charge in [-0.1, -0.05) is 6.07 Å². The molecule has 0 radical (unpaired) electrons. The molecule has 0 aliphatic heterocycles. The van der Waals surface area contributed by atoms with Gasteiger partial charge in [-0.3, -0.25) is 9.78 Å². The second kappa shape index (κ2) is 6.29. The number of rotatable bonds is 4. The Morgan fingerprint density at radius 2 is 2.35 bits per heavy atom. The van der Waals surface area contributed by atoms with Gasteiger partial charge in [0.1, 0.15) is 11.4 Å². The highest BCUT2D eigenvalue weighted by Gasteiger charge is 2.44. The van der Waals surface area contributed by atoms with Gasteiger partial charge in [0.25, 0.3) is 0 Å². The van der Waals surface area contributed by atoms with E-state index < -0.39 is 5.60 Å². The lowest BCUT2D eigenvalue weighted by molar-refractivity contribution is -0.150. The van der Waals surface area contributed by atoms with Gasteiger partial charge < -0.3 is 14.6 Å². The fourth-order valence-corrected chi connectivity index (χ4v) is 3.90. The molecule has 2 unspecified atom stereocenters. The van der Waals surface area contributed by atoms with Gasteiger partial charge in [0.15, 0.2) is 0 Å². The number of esters is 1. The summed E-state index contributed by atoms with van der Waals surface area (Å²) < 4.78 is 10.4. The molecule has 0 spiro atoms. The van der Waals surface area contributed by atoms with Crippen molar-refractivity contribution in [2.75, 3.05) is 13.7 Å². The van der Waals surface area contributed by atoms with Crippen LogP contribution in [0.25, 0.3) is 0 Å². The lowest BCUT2D eigenvalue weighted by Crippen LogP contribution is -2.38. The Morgan fingerprint density at radius 3 is 3.00 bits per heavy atom. The number of hydrogen-bond donors (Lipinski definition) is 1. The van der Waals surface area contributed by atoms with Crippen LogP contribution >= 0.6 is 11.3 Å². The Kier molecular flexibility index (Phi) is 4.37. The average Bonchev–Trinajstić information content (AvgIpc) is 3.09. The highest BCUT2D eigenvalue weighted by molar-refractivity contribution is 7.09. The van der Waals surface area contributed by atoms with E-state index in [9.17, 15) is 9.90 Å². The zero-order valence-corrected chi connectivity index (χ0v) is 13.9. The Morgan fingerprint density at radius 1 is 1.52 bits per heavy atom. The SMILES string of the molecule is CCOC(=O)C1Cc2cc(OC)ccc2C(O)(c2cncs2)C1. The van der Waals surface area contributed by atoms with Crippen molar-refractivity contribution in [1.29, 1.82) is 0 Å². The van der Waals surface area contributed by atoms with Gasteiger partial charge in [0, 0.05) is 6.20 Å². The minimum Gasteiger partial charge on any atom is -0.497 e. The van der Waals surface area contributed by atoms with Gasteiger partial charge in [-0.15, -0.1) is 11.3 Å². The molecule has 0 fully saturated rings. The van der Waals surface area contributed by atoms with Crippen LogP contribution in [0.2, 0.25) is 0 Å². The number of hydrogen-bond acceptors (Lipinski definition) is 6. The number of methoxy groups -OCH3 is 1. The molecule has 1 aliphatic carbocycles. The van der Waals surface area contributed by atoms with E-state index in [1.54, 1.807) is 25.7 Å². The molecular formula is C17H19NO4S. The van der Waals surface area contributed by atoms with Gasteiger partial charge in [0.2, 0.25) is 0 Å². The monoisotopic (exact) mass is 333 g/mol. The summed E-state index contributed by atoms with van der Waals surface area (Å²) in [7, 11) is 1.60. The van der Waals surface area contributed by atoms with Crippen molar-refractivity contribution in [3.63, 3.8) is 0 Å². The van der Waals surface area contributed by atoms with Crippen LogP contribution in [0.15, 0.2) is 29.9 Å². The first kappa shape index (κ1) is 16.0. The van der Waals surface area contributed by atoms with Crippen molar-refractivity contribution in [3.8, 4) is 5.75 Å². The third kappa shape index (κ3) is 2.84. The number of aliphatic hydroxyl groups is 1. The van der Waals surface area contributed by atoms with Crippen LogP contribution in [0.5, 0.6) is 5.75 Å². The highest BCUT2D eigenvalue weighted by Crippen LogP contribution is 2.45. The number of carbonyl (C=O) groups excluding carboxylic acids is 1. The lowest BCUT2D eigenvalue weighted by atomic mass is 9.73. The smallest absolute Gasteiger partial charge is 0.309 e. The zero-order chi connectivity index (χ0) is 16.4. The fourth-order valence-electron chi connectivity index (χ4n) is 3.15. The Labute approximate surface area is 138 Å². The van der Waals surface area contributed by atoms with E-state index in [1.165, 1.54) is 11.3 Å². The zero-order valence-electron chi connectivity index (χ0n) is 13.1. The molecule has 1 heterocycles. The Bertz CT molecular complexity index is 701. The summed E-state index contributed by atoms with van der Waals surface area (Å²) in [6, 6.07) is 5.58. The molecule has 3 rings (SSSR count). The van der Waals surface area contributed by atoms with Crippen LogP contribution in [0.4, 0.5) is 0 Å². The van der Waals surface area contributed by atoms with Crippen LogP contribution < -0.4 is 4.74 Å². The normalized spacial score (nSPS) is 23.2. The Hall–Kier alpha value is -1.92. The Balaban J connectivity index is 2.07. The van der Waals surface area contributed by atoms with Gasteiger partial charge in [-0.2, -0.15) is 0 Å². The number of fused-ring (bicyclic) bond motifs is 1. The maximum atomic E-state index is 12.2. The summed E-state index contributed by atoms with van der Waals surface area (Å²) in [6.45, 7) is 2.12. The van der Waals surface area contributed by atoms with Crippen LogP contribution in [-0.4, -0.2) is 29.8 Å². The van der Waals surface area contributed by atoms with Crippen molar-refractivity contribution in [1.82, 2.24) is 4.98 Å². The van der Waals surface area contributed by atoms with Crippen LogP contribution in [0.3, 0.4) is 0 Å². The van der Waals surface area contributed by atoms with Gasteiger partial charge in [-0.05, 0) is 43.0 Å². The predicted molar refractivity (Wildman–Crippen MR) is 86.6 cm³/mol. The maximum Gasteiger partial charge on any atom is 0.309 e. The van der Waals surface area contributed by atoms with E-state index in [0.717, 1.165) is 16.0 Å². The number of aromatic nitrogens is 1. The average molecular weight is 333 g/mol. The number of benzene rings is 1. The molecule has 2 aromatic rings. The highest BCUT2D eigenvalue weighted by atomic mass is 32.1. The first-order valence-electron chi connectivity index (χ1n) is 7.54. The standard InChI is InChI=1S/C17H19NO4S/c1-3-22-16(19)12-6-11-7-13(21-2)4-5-14(11)17(20,8-12)15-9-18-10-23-15/h4-5,7,9-10,12,20H,3,6,8H2,1-2H3. The van der Waals surface area contributed by atoms with Crippen LogP contribution in [0, 0.1) is 5.92 Å². The molecule has 1 aromatic carbocycles. The first-order chi connectivity index (χ1) is 11.1. The topological polar surface area (TPSA) is 68.7 Å². The summed E-state index contributed by atoms with van der Waals surface area (Å²) in [5.74, 6) is 0.0467. The second-order valence-corrected chi connectivity index (χ2v) is 6.49. The quantitative estimate of drug-likeness (QED) is 0.871. The van der Waals surface area contributed by atoms with Crippen LogP contribution in [-0.2, 0) is 21.6 Å². The van der Waals surface area contributed by atoms with Crippen LogP contribution in [0.1, 0.15) is 29.3 Å². The fraction of sp³-hybridized carbons (Fsp3) is 0.412. The van der Waals surface area contributed by atoms with Crippen molar-refractivity contribution in [3.05, 3.63) is 45.9 Å². The van der Waals surface area contributed by atoms with Crippen molar-refractivity contribution >= 4 is 17.3 Å². The van der Waals surface area contributed by atoms with Gasteiger partial charge in [-0.25, -0.2) is 0 Å². The molecule has 0 bridgehead atoms. The van der Waals surface area contributed by atoms with E-state index in [1.807, 2.05) is 18.2 Å². The van der Waals surface area contributed by atoms with Crippen molar-refractivity contribution < 1.29 is 19.4 Å². The lowest BCUT2D eigenvalue weighted by Gasteiger charge is -2.37. The molecule has 1 aromatic heterocycles. The third-order valence-electron chi connectivity index (χ3n) is 4.23. The van der Waals surface area contributed by atoms with Crippen molar-refractivity contribution in [2.24, 2.45) is 5.92 Å². The van der Waals surface area contributed by atoms with E-state index in [2.05, 4.69) is 4.98 Å². The molecule has 1 N–H and O–H groups in total. The van der Waals surface area contributed by atoms with E-state index in [4.69, 9.17) is 9.47 Å². The molecule has 0 amide bonds. The second-order valence-electron chi connectivity index (χ2n) is 5.61. The summed E-state index contributed by atoms with van der Waals surface area (Å²) >= 11 is 1.38. The van der Waals surface area contributed by atoms with Gasteiger partial charge in [0.05, 0.1) is 30.0 Å². The number of ether oxygens (including phenoxy) is 2. The van der Waals surface area contributed by atoms with E-state index in [0.29, 0.717) is 25.2 Å². The number of thiazole rings is 1. The molecule has 6 heteroatoms. The summed E-state index contributed by atoms with van der Waals surface area (Å²) in [4.78, 5) is 17.1. The molecule has 0 saturated carbocycles. The summed E-state index contributed by atoms with van der Waals surface area (Å²) in [6.07, 6.45) is 2.49. The van der Waals surface area contributed by atoms with E-state index in [-0.39, 0.29) is 11.9 Å². The minimum atomic E-state index is -1.22. The molecular weight excluding hydrogens is 314 g/mol. The molecule has 2 atom stereocenters. The predicted octanol–water partition coefficient (Wildman–Crippen LogP) is 2.51. The summed E-state index contributed by atoms with van der Waals surface area (Å²) in [5.41, 5.74) is 2.18.